The van der Waals surface area contributed by atoms with Crippen molar-refractivity contribution < 1.29 is 17.6 Å². The van der Waals surface area contributed by atoms with E-state index in [1.54, 1.807) is 30.6 Å². The highest BCUT2D eigenvalue weighted by Gasteiger charge is 2.30. The Bertz CT molecular complexity index is 1440. The zero-order valence-electron chi connectivity index (χ0n) is 15.4. The number of oxazole rings is 1. The number of H-pyrrole nitrogens is 1. The van der Waals surface area contributed by atoms with Crippen molar-refractivity contribution in [3.63, 3.8) is 0 Å². The first-order valence-corrected chi connectivity index (χ1v) is 9.11. The molecule has 0 saturated heterocycles. The van der Waals surface area contributed by atoms with Crippen molar-refractivity contribution in [2.75, 3.05) is 0 Å². The molecule has 0 aliphatic carbocycles. The maximum atomic E-state index is 13.0. The van der Waals surface area contributed by atoms with Crippen molar-refractivity contribution in [2.24, 2.45) is 0 Å². The summed E-state index contributed by atoms with van der Waals surface area (Å²) < 4.78 is 45.6. The molecular formula is C22H14F3N3O2. The Labute approximate surface area is 167 Å². The number of halogens is 3. The van der Waals surface area contributed by atoms with Gasteiger partial charge in [0.05, 0.1) is 17.6 Å². The third kappa shape index (κ3) is 3.16. The molecule has 30 heavy (non-hydrogen) atoms. The summed E-state index contributed by atoms with van der Waals surface area (Å²) in [5.74, 6) is -0.626. The summed E-state index contributed by atoms with van der Waals surface area (Å²) in [6.45, 7) is -0.0219. The Morgan fingerprint density at radius 3 is 2.73 bits per heavy atom. The molecule has 0 aliphatic rings. The lowest BCUT2D eigenvalue weighted by atomic mass is 10.1. The van der Waals surface area contributed by atoms with Crippen LogP contribution >= 0.6 is 0 Å². The van der Waals surface area contributed by atoms with Gasteiger partial charge in [0, 0.05) is 23.3 Å². The molecule has 0 amide bonds. The van der Waals surface area contributed by atoms with Crippen molar-refractivity contribution in [1.82, 2.24) is 14.5 Å². The summed E-state index contributed by atoms with van der Waals surface area (Å²) in [5.41, 5.74) is 2.93. The number of benzene rings is 2. The van der Waals surface area contributed by atoms with Crippen LogP contribution in [-0.4, -0.2) is 14.5 Å². The van der Waals surface area contributed by atoms with Crippen LogP contribution < -0.4 is 5.76 Å². The van der Waals surface area contributed by atoms with Gasteiger partial charge < -0.3 is 9.40 Å². The summed E-state index contributed by atoms with van der Waals surface area (Å²) >= 11 is 0. The molecule has 0 bridgehead atoms. The van der Waals surface area contributed by atoms with E-state index in [1.807, 2.05) is 18.2 Å². The summed E-state index contributed by atoms with van der Waals surface area (Å²) in [7, 11) is 0. The standard InChI is InChI=1S/C22H14F3N3O2/c23-22(24,25)17-3-1-2-13(8-17)12-28-18-5-4-14(10-19(18)30-21(28)29)16-9-15-6-7-26-20(15)27-11-16/h1-11H,12H2,(H,26,27). The van der Waals surface area contributed by atoms with Crippen LogP contribution in [0.25, 0.3) is 33.3 Å². The Morgan fingerprint density at radius 1 is 1.03 bits per heavy atom. The lowest BCUT2D eigenvalue weighted by Gasteiger charge is -2.09. The third-order valence-electron chi connectivity index (χ3n) is 5.00. The minimum atomic E-state index is -4.44. The van der Waals surface area contributed by atoms with Gasteiger partial charge in [-0.25, -0.2) is 9.78 Å². The molecular weight excluding hydrogens is 395 g/mol. The van der Waals surface area contributed by atoms with Gasteiger partial charge in [0.15, 0.2) is 5.58 Å². The van der Waals surface area contributed by atoms with Gasteiger partial charge in [-0.05, 0) is 47.5 Å². The first-order chi connectivity index (χ1) is 14.4. The largest absolute Gasteiger partial charge is 0.420 e. The van der Waals surface area contributed by atoms with Crippen molar-refractivity contribution in [3.05, 3.63) is 88.7 Å². The lowest BCUT2D eigenvalue weighted by molar-refractivity contribution is -0.137. The van der Waals surface area contributed by atoms with Crippen molar-refractivity contribution in [3.8, 4) is 11.1 Å². The lowest BCUT2D eigenvalue weighted by Crippen LogP contribution is -2.15. The van der Waals surface area contributed by atoms with Gasteiger partial charge in [-0.15, -0.1) is 0 Å². The summed E-state index contributed by atoms with van der Waals surface area (Å²) in [5, 5.41) is 0.955. The molecule has 0 saturated carbocycles. The SMILES string of the molecule is O=c1oc2cc(-c3cnc4[nH]ccc4c3)ccc2n1Cc1cccc(C(F)(F)F)c1. The zero-order valence-corrected chi connectivity index (χ0v) is 15.4. The van der Waals surface area contributed by atoms with Gasteiger partial charge in [0.1, 0.15) is 5.65 Å². The quantitative estimate of drug-likeness (QED) is 0.445. The Balaban J connectivity index is 1.53. The second-order valence-electron chi connectivity index (χ2n) is 6.97. The van der Waals surface area contributed by atoms with E-state index >= 15 is 0 Å². The van der Waals surface area contributed by atoms with Crippen LogP contribution in [0.3, 0.4) is 0 Å². The minimum Gasteiger partial charge on any atom is -0.408 e. The van der Waals surface area contributed by atoms with Crippen LogP contribution in [0.15, 0.2) is 76.2 Å². The van der Waals surface area contributed by atoms with Crippen LogP contribution in [0.4, 0.5) is 13.2 Å². The molecule has 0 spiro atoms. The fourth-order valence-corrected chi connectivity index (χ4v) is 3.52. The maximum absolute atomic E-state index is 13.0. The van der Waals surface area contributed by atoms with Gasteiger partial charge in [-0.3, -0.25) is 4.57 Å². The van der Waals surface area contributed by atoms with Crippen LogP contribution in [0.5, 0.6) is 0 Å². The van der Waals surface area contributed by atoms with Gasteiger partial charge in [-0.1, -0.05) is 18.2 Å². The average Bonchev–Trinajstić information content (AvgIpc) is 3.31. The Morgan fingerprint density at radius 2 is 1.90 bits per heavy atom. The van der Waals surface area contributed by atoms with Crippen molar-refractivity contribution >= 4 is 22.1 Å². The van der Waals surface area contributed by atoms with E-state index in [1.165, 1.54) is 10.6 Å². The third-order valence-corrected chi connectivity index (χ3v) is 5.00. The average molecular weight is 409 g/mol. The minimum absolute atomic E-state index is 0.0219. The van der Waals surface area contributed by atoms with E-state index in [4.69, 9.17) is 4.42 Å². The van der Waals surface area contributed by atoms with Gasteiger partial charge in [0.2, 0.25) is 0 Å². The maximum Gasteiger partial charge on any atom is 0.420 e. The molecule has 8 heteroatoms. The number of nitrogens with zero attached hydrogens (tertiary/aromatic N) is 2. The molecule has 1 N–H and O–H groups in total. The second-order valence-corrected chi connectivity index (χ2v) is 6.97. The number of fused-ring (bicyclic) bond motifs is 2. The number of nitrogens with one attached hydrogen (secondary N) is 1. The van der Waals surface area contributed by atoms with Crippen LogP contribution in [-0.2, 0) is 12.7 Å². The monoisotopic (exact) mass is 409 g/mol. The van der Waals surface area contributed by atoms with Crippen molar-refractivity contribution in [2.45, 2.75) is 12.7 Å². The number of rotatable bonds is 3. The molecule has 0 atom stereocenters. The Kier molecular flexibility index (Phi) is 4.02. The predicted molar refractivity (Wildman–Crippen MR) is 106 cm³/mol. The molecule has 0 aliphatic heterocycles. The second kappa shape index (κ2) is 6.62. The fourth-order valence-electron chi connectivity index (χ4n) is 3.52. The summed E-state index contributed by atoms with van der Waals surface area (Å²) in [6.07, 6.45) is -0.918. The summed E-state index contributed by atoms with van der Waals surface area (Å²) in [4.78, 5) is 19.8. The number of pyridine rings is 1. The first-order valence-electron chi connectivity index (χ1n) is 9.11. The van der Waals surface area contributed by atoms with Gasteiger partial charge in [-0.2, -0.15) is 13.2 Å². The summed E-state index contributed by atoms with van der Waals surface area (Å²) in [6, 6.07) is 14.1. The number of alkyl halides is 3. The van der Waals surface area contributed by atoms with E-state index in [0.717, 1.165) is 34.3 Å². The van der Waals surface area contributed by atoms with Crippen LogP contribution in [0.2, 0.25) is 0 Å². The molecule has 2 aromatic carbocycles. The number of aromatic nitrogens is 3. The molecule has 5 aromatic rings. The smallest absolute Gasteiger partial charge is 0.408 e. The zero-order chi connectivity index (χ0) is 20.9. The number of hydrogen-bond donors (Lipinski definition) is 1. The highest BCUT2D eigenvalue weighted by Crippen LogP contribution is 2.30. The highest BCUT2D eigenvalue weighted by atomic mass is 19.4. The van der Waals surface area contributed by atoms with E-state index in [0.29, 0.717) is 16.7 Å². The van der Waals surface area contributed by atoms with Crippen LogP contribution in [0.1, 0.15) is 11.1 Å². The number of aromatic amines is 1. The van der Waals surface area contributed by atoms with E-state index in [-0.39, 0.29) is 6.54 Å². The van der Waals surface area contributed by atoms with E-state index < -0.39 is 17.5 Å². The molecule has 3 heterocycles. The van der Waals surface area contributed by atoms with Gasteiger partial charge in [0.25, 0.3) is 0 Å². The van der Waals surface area contributed by atoms with Crippen LogP contribution in [0, 0.1) is 0 Å². The Hall–Kier alpha value is -3.81. The molecule has 0 unspecified atom stereocenters. The first kappa shape index (κ1) is 18.2. The van der Waals surface area contributed by atoms with E-state index in [9.17, 15) is 18.0 Å². The van der Waals surface area contributed by atoms with Gasteiger partial charge >= 0.3 is 11.9 Å². The number of hydrogen-bond acceptors (Lipinski definition) is 3. The molecule has 5 nitrogen and oxygen atoms in total. The van der Waals surface area contributed by atoms with E-state index in [2.05, 4.69) is 9.97 Å². The molecule has 0 fully saturated rings. The predicted octanol–water partition coefficient (Wildman–Crippen LogP) is 5.20. The molecule has 5 rings (SSSR count). The molecule has 150 valence electrons. The topological polar surface area (TPSA) is 63.8 Å². The fraction of sp³-hybridized carbons (Fsp3) is 0.0909. The molecule has 3 aromatic heterocycles. The normalized spacial score (nSPS) is 12.1. The molecule has 0 radical (unpaired) electrons. The van der Waals surface area contributed by atoms with Crippen molar-refractivity contribution in [1.29, 1.82) is 0 Å². The highest BCUT2D eigenvalue weighted by molar-refractivity contribution is 5.85.